The molecule has 1 aliphatic rings. The molecule has 1 N–H and O–H groups in total. The van der Waals surface area contributed by atoms with Gasteiger partial charge in [-0.1, -0.05) is 15.9 Å². The van der Waals surface area contributed by atoms with E-state index >= 15 is 0 Å². The second kappa shape index (κ2) is 3.35. The number of hydrogen-bond acceptors (Lipinski definition) is 2. The van der Waals surface area contributed by atoms with Crippen molar-refractivity contribution in [2.45, 2.75) is 11.3 Å². The van der Waals surface area contributed by atoms with Gasteiger partial charge in [-0.05, 0) is 24.1 Å². The quantitative estimate of drug-likeness (QED) is 0.842. The molecular weight excluding hydrogens is 252 g/mol. The lowest BCUT2D eigenvalue weighted by atomic mass is 10.1. The maximum Gasteiger partial charge on any atom is 0.336 e. The molecule has 0 atom stereocenters. The Balaban J connectivity index is 2.62. The highest BCUT2D eigenvalue weighted by molar-refractivity contribution is 9.10. The van der Waals surface area contributed by atoms with E-state index in [0.717, 1.165) is 27.1 Å². The van der Waals surface area contributed by atoms with Gasteiger partial charge in [-0.3, -0.25) is 0 Å². The molecule has 13 heavy (non-hydrogen) atoms. The van der Waals surface area contributed by atoms with Crippen LogP contribution in [0.15, 0.2) is 21.5 Å². The molecule has 1 heterocycles. The molecule has 0 aliphatic carbocycles. The van der Waals surface area contributed by atoms with Crippen molar-refractivity contribution in [1.82, 2.24) is 0 Å². The van der Waals surface area contributed by atoms with Crippen molar-refractivity contribution >= 4 is 33.7 Å². The molecule has 0 fully saturated rings. The van der Waals surface area contributed by atoms with E-state index in [0.29, 0.717) is 5.56 Å². The van der Waals surface area contributed by atoms with Crippen LogP contribution >= 0.6 is 27.7 Å². The first-order chi connectivity index (χ1) is 6.20. The molecule has 1 aliphatic heterocycles. The largest absolute Gasteiger partial charge is 0.478 e. The normalized spacial score (nSPS) is 14.2. The number of carboxylic acids is 1. The van der Waals surface area contributed by atoms with Gasteiger partial charge in [0.25, 0.3) is 0 Å². The summed E-state index contributed by atoms with van der Waals surface area (Å²) in [6, 6.07) is 3.47. The van der Waals surface area contributed by atoms with E-state index in [1.165, 1.54) is 0 Å². The number of carbonyl (C=O) groups is 1. The molecule has 2 nitrogen and oxygen atoms in total. The standard InChI is InChI=1S/C9H7BrO2S/c10-7-2-1-6(9(11)12)8-5(7)3-4-13-8/h1-2H,3-4H2,(H,11,12). The van der Waals surface area contributed by atoms with Crippen molar-refractivity contribution in [3.05, 3.63) is 27.7 Å². The first-order valence-corrected chi connectivity index (χ1v) is 5.65. The summed E-state index contributed by atoms with van der Waals surface area (Å²) in [5.41, 5.74) is 1.57. The molecule has 0 saturated heterocycles. The lowest BCUT2D eigenvalue weighted by molar-refractivity contribution is 0.0693. The van der Waals surface area contributed by atoms with E-state index in [4.69, 9.17) is 5.11 Å². The number of halogens is 1. The molecule has 2 rings (SSSR count). The van der Waals surface area contributed by atoms with E-state index in [1.54, 1.807) is 17.8 Å². The highest BCUT2D eigenvalue weighted by atomic mass is 79.9. The minimum Gasteiger partial charge on any atom is -0.478 e. The molecule has 0 bridgehead atoms. The molecule has 4 heteroatoms. The van der Waals surface area contributed by atoms with Crippen LogP contribution in [0, 0.1) is 0 Å². The number of aromatic carboxylic acids is 1. The fraction of sp³-hybridized carbons (Fsp3) is 0.222. The summed E-state index contributed by atoms with van der Waals surface area (Å²) in [5.74, 6) is 0.149. The third-order valence-electron chi connectivity index (χ3n) is 2.03. The van der Waals surface area contributed by atoms with Gasteiger partial charge in [0.2, 0.25) is 0 Å². The Morgan fingerprint density at radius 1 is 1.54 bits per heavy atom. The molecule has 0 aromatic heterocycles. The molecule has 68 valence electrons. The predicted octanol–water partition coefficient (Wildman–Crippen LogP) is 2.80. The Hall–Kier alpha value is -0.480. The van der Waals surface area contributed by atoms with E-state index < -0.39 is 5.97 Å². The minimum absolute atomic E-state index is 0.431. The molecular formula is C9H7BrO2S. The number of benzene rings is 1. The van der Waals surface area contributed by atoms with Gasteiger partial charge in [-0.2, -0.15) is 0 Å². The van der Waals surface area contributed by atoms with Gasteiger partial charge in [0.05, 0.1) is 5.56 Å². The van der Waals surface area contributed by atoms with Crippen molar-refractivity contribution in [1.29, 1.82) is 0 Å². The van der Waals surface area contributed by atoms with Gasteiger partial charge in [0.1, 0.15) is 0 Å². The van der Waals surface area contributed by atoms with Crippen LogP contribution in [0.2, 0.25) is 0 Å². The average Bonchev–Trinajstić information content (AvgIpc) is 2.53. The van der Waals surface area contributed by atoms with E-state index in [2.05, 4.69) is 15.9 Å². The minimum atomic E-state index is -0.835. The zero-order chi connectivity index (χ0) is 9.42. The lowest BCUT2D eigenvalue weighted by Crippen LogP contribution is -1.99. The van der Waals surface area contributed by atoms with Gasteiger partial charge in [-0.15, -0.1) is 11.8 Å². The van der Waals surface area contributed by atoms with E-state index in [-0.39, 0.29) is 0 Å². The number of fused-ring (bicyclic) bond motifs is 1. The fourth-order valence-corrected chi connectivity index (χ4v) is 3.29. The molecule has 1 aromatic rings. The Morgan fingerprint density at radius 2 is 2.31 bits per heavy atom. The number of rotatable bonds is 1. The van der Waals surface area contributed by atoms with Crippen LogP contribution in [-0.2, 0) is 6.42 Å². The maximum atomic E-state index is 10.8. The average molecular weight is 259 g/mol. The van der Waals surface area contributed by atoms with Crippen molar-refractivity contribution < 1.29 is 9.90 Å². The second-order valence-corrected chi connectivity index (χ2v) is 4.77. The van der Waals surface area contributed by atoms with Crippen LogP contribution in [0.3, 0.4) is 0 Å². The summed E-state index contributed by atoms with van der Waals surface area (Å²) < 4.78 is 1.03. The summed E-state index contributed by atoms with van der Waals surface area (Å²) in [7, 11) is 0. The Morgan fingerprint density at radius 3 is 3.00 bits per heavy atom. The SMILES string of the molecule is O=C(O)c1ccc(Br)c2c1SCC2. The Labute approximate surface area is 88.5 Å². The Kier molecular flexibility index (Phi) is 2.34. The number of hydrogen-bond donors (Lipinski definition) is 1. The maximum absolute atomic E-state index is 10.8. The highest BCUT2D eigenvalue weighted by Gasteiger charge is 2.21. The monoisotopic (exact) mass is 258 g/mol. The van der Waals surface area contributed by atoms with Crippen LogP contribution in [0.1, 0.15) is 15.9 Å². The summed E-state index contributed by atoms with van der Waals surface area (Å²) in [6.45, 7) is 0. The van der Waals surface area contributed by atoms with Gasteiger partial charge < -0.3 is 5.11 Å². The van der Waals surface area contributed by atoms with E-state index in [1.807, 2.05) is 6.07 Å². The summed E-state index contributed by atoms with van der Waals surface area (Å²) in [4.78, 5) is 11.8. The van der Waals surface area contributed by atoms with Gasteiger partial charge in [0.15, 0.2) is 0 Å². The zero-order valence-corrected chi connectivity index (χ0v) is 9.11. The zero-order valence-electron chi connectivity index (χ0n) is 6.71. The van der Waals surface area contributed by atoms with Crippen molar-refractivity contribution in [3.63, 3.8) is 0 Å². The topological polar surface area (TPSA) is 37.3 Å². The van der Waals surface area contributed by atoms with Gasteiger partial charge in [0, 0.05) is 15.1 Å². The van der Waals surface area contributed by atoms with Crippen molar-refractivity contribution in [3.8, 4) is 0 Å². The fourth-order valence-electron chi connectivity index (χ4n) is 1.43. The predicted molar refractivity (Wildman–Crippen MR) is 55.5 cm³/mol. The molecule has 0 amide bonds. The molecule has 1 aromatic carbocycles. The summed E-state index contributed by atoms with van der Waals surface area (Å²) in [5, 5.41) is 8.91. The Bertz CT molecular complexity index is 376. The van der Waals surface area contributed by atoms with E-state index in [9.17, 15) is 4.79 Å². The first-order valence-electron chi connectivity index (χ1n) is 3.87. The molecule has 0 radical (unpaired) electrons. The highest BCUT2D eigenvalue weighted by Crippen LogP contribution is 2.38. The third-order valence-corrected chi connectivity index (χ3v) is 3.94. The second-order valence-electron chi connectivity index (χ2n) is 2.81. The number of carboxylic acid groups (broad SMARTS) is 1. The van der Waals surface area contributed by atoms with Gasteiger partial charge >= 0.3 is 5.97 Å². The summed E-state index contributed by atoms with van der Waals surface area (Å²) in [6.07, 6.45) is 0.960. The van der Waals surface area contributed by atoms with Crippen LogP contribution in [0.25, 0.3) is 0 Å². The smallest absolute Gasteiger partial charge is 0.336 e. The first kappa shape index (κ1) is 9.09. The summed E-state index contributed by atoms with van der Waals surface area (Å²) >= 11 is 5.05. The van der Waals surface area contributed by atoms with Crippen LogP contribution in [0.4, 0.5) is 0 Å². The number of thioether (sulfide) groups is 1. The molecule has 0 spiro atoms. The molecule has 0 unspecified atom stereocenters. The van der Waals surface area contributed by atoms with Crippen molar-refractivity contribution in [2.24, 2.45) is 0 Å². The van der Waals surface area contributed by atoms with Crippen LogP contribution < -0.4 is 0 Å². The van der Waals surface area contributed by atoms with Crippen LogP contribution in [0.5, 0.6) is 0 Å². The van der Waals surface area contributed by atoms with Crippen molar-refractivity contribution in [2.75, 3.05) is 5.75 Å². The molecule has 0 saturated carbocycles. The van der Waals surface area contributed by atoms with Crippen LogP contribution in [-0.4, -0.2) is 16.8 Å². The lowest BCUT2D eigenvalue weighted by Gasteiger charge is -2.04. The third kappa shape index (κ3) is 1.48. The van der Waals surface area contributed by atoms with Gasteiger partial charge in [-0.25, -0.2) is 4.79 Å².